The maximum Gasteiger partial charge on any atom is 0.274 e. The molecule has 1 rings (SSSR count). The van der Waals surface area contributed by atoms with Crippen molar-refractivity contribution < 1.29 is 14.5 Å². The number of carbonyl (C=O) groups excluding carboxylic acids is 1. The summed E-state index contributed by atoms with van der Waals surface area (Å²) < 4.78 is 5.38. The van der Waals surface area contributed by atoms with Crippen LogP contribution >= 0.6 is 0 Å². The van der Waals surface area contributed by atoms with Crippen molar-refractivity contribution in [2.24, 2.45) is 0 Å². The largest absolute Gasteiger partial charge is 0.377 e. The second-order valence-corrected chi connectivity index (χ2v) is 4.10. The molecule has 0 heterocycles. The summed E-state index contributed by atoms with van der Waals surface area (Å²) in [6.07, 6.45) is 2.15. The van der Waals surface area contributed by atoms with Crippen LogP contribution in [0.25, 0.3) is 0 Å². The van der Waals surface area contributed by atoms with Gasteiger partial charge in [0.05, 0.1) is 17.1 Å². The Hall–Kier alpha value is -1.75. The lowest BCUT2D eigenvalue weighted by atomic mass is 10.2. The van der Waals surface area contributed by atoms with E-state index in [9.17, 15) is 14.9 Å². The first-order chi connectivity index (χ1) is 8.61. The van der Waals surface area contributed by atoms with Gasteiger partial charge in [0.1, 0.15) is 5.78 Å². The van der Waals surface area contributed by atoms with E-state index in [2.05, 4.69) is 0 Å². The minimum atomic E-state index is -0.408. The van der Waals surface area contributed by atoms with E-state index >= 15 is 0 Å². The Balaban J connectivity index is 2.31. The fraction of sp³-hybridized carbons (Fsp3) is 0.462. The first-order valence-electron chi connectivity index (χ1n) is 5.90. The molecule has 0 spiro atoms. The average Bonchev–Trinajstić information content (AvgIpc) is 2.33. The molecule has 0 saturated carbocycles. The molecule has 0 aromatic heterocycles. The van der Waals surface area contributed by atoms with Crippen LogP contribution in [0.15, 0.2) is 24.3 Å². The normalized spacial score (nSPS) is 10.3. The number of ketones is 1. The van der Waals surface area contributed by atoms with Gasteiger partial charge in [-0.25, -0.2) is 0 Å². The maximum absolute atomic E-state index is 10.7. The minimum absolute atomic E-state index is 0.0845. The molecule has 98 valence electrons. The predicted octanol–water partition coefficient (Wildman–Crippen LogP) is 2.87. The Morgan fingerprint density at radius 1 is 1.33 bits per heavy atom. The molecular weight excluding hydrogens is 234 g/mol. The maximum atomic E-state index is 10.7. The van der Waals surface area contributed by atoms with Crippen LogP contribution in [0.3, 0.4) is 0 Å². The molecule has 0 amide bonds. The fourth-order valence-electron chi connectivity index (χ4n) is 1.57. The third-order valence-corrected chi connectivity index (χ3v) is 2.51. The molecule has 0 radical (unpaired) electrons. The molecule has 0 fully saturated rings. The molecule has 0 N–H and O–H groups in total. The van der Waals surface area contributed by atoms with E-state index in [4.69, 9.17) is 4.74 Å². The van der Waals surface area contributed by atoms with Gasteiger partial charge in [-0.1, -0.05) is 12.1 Å². The Labute approximate surface area is 106 Å². The van der Waals surface area contributed by atoms with Crippen molar-refractivity contribution in [1.82, 2.24) is 0 Å². The van der Waals surface area contributed by atoms with Crippen molar-refractivity contribution in [1.29, 1.82) is 0 Å². The van der Waals surface area contributed by atoms with Gasteiger partial charge in [0.2, 0.25) is 0 Å². The lowest BCUT2D eigenvalue weighted by Crippen LogP contribution is -2.00. The highest BCUT2D eigenvalue weighted by atomic mass is 16.6. The lowest BCUT2D eigenvalue weighted by molar-refractivity contribution is -0.385. The second-order valence-electron chi connectivity index (χ2n) is 4.10. The molecule has 0 saturated heterocycles. The summed E-state index contributed by atoms with van der Waals surface area (Å²) in [5, 5.41) is 10.7. The zero-order valence-corrected chi connectivity index (χ0v) is 10.4. The van der Waals surface area contributed by atoms with Gasteiger partial charge in [-0.05, 0) is 25.8 Å². The number of carbonyl (C=O) groups is 1. The number of nitro benzene ring substituents is 1. The Kier molecular flexibility index (Phi) is 6.00. The van der Waals surface area contributed by atoms with Crippen molar-refractivity contribution in [3.63, 3.8) is 0 Å². The molecule has 1 aromatic rings. The summed E-state index contributed by atoms with van der Waals surface area (Å²) in [5.74, 6) is 0.175. The first-order valence-corrected chi connectivity index (χ1v) is 5.90. The van der Waals surface area contributed by atoms with Gasteiger partial charge >= 0.3 is 0 Å². The van der Waals surface area contributed by atoms with Crippen molar-refractivity contribution in [3.8, 4) is 0 Å². The quantitative estimate of drug-likeness (QED) is 0.404. The zero-order chi connectivity index (χ0) is 13.4. The van der Waals surface area contributed by atoms with E-state index in [1.807, 2.05) is 0 Å². The van der Waals surface area contributed by atoms with Gasteiger partial charge < -0.3 is 9.53 Å². The number of benzene rings is 1. The Morgan fingerprint density at radius 3 is 2.72 bits per heavy atom. The van der Waals surface area contributed by atoms with Crippen molar-refractivity contribution in [2.45, 2.75) is 32.8 Å². The third kappa shape index (κ3) is 5.05. The van der Waals surface area contributed by atoms with Gasteiger partial charge in [0, 0.05) is 19.1 Å². The molecule has 5 heteroatoms. The smallest absolute Gasteiger partial charge is 0.274 e. The average molecular weight is 251 g/mol. The molecule has 0 aliphatic rings. The minimum Gasteiger partial charge on any atom is -0.377 e. The van der Waals surface area contributed by atoms with Crippen LogP contribution in [0.5, 0.6) is 0 Å². The molecule has 0 unspecified atom stereocenters. The van der Waals surface area contributed by atoms with Gasteiger partial charge in [-0.2, -0.15) is 0 Å². The van der Waals surface area contributed by atoms with Crippen LogP contribution in [0.1, 0.15) is 31.7 Å². The standard InChI is InChI=1S/C13H17NO4/c1-11(15)6-4-5-9-18-10-12-7-2-3-8-13(12)14(16)17/h2-3,7-8H,4-6,9-10H2,1H3. The van der Waals surface area contributed by atoms with E-state index < -0.39 is 4.92 Å². The summed E-state index contributed by atoms with van der Waals surface area (Å²) >= 11 is 0. The number of para-hydroxylation sites is 1. The summed E-state index contributed by atoms with van der Waals surface area (Å²) in [7, 11) is 0. The van der Waals surface area contributed by atoms with E-state index in [1.54, 1.807) is 25.1 Å². The fourth-order valence-corrected chi connectivity index (χ4v) is 1.57. The van der Waals surface area contributed by atoms with Crippen LogP contribution in [0.2, 0.25) is 0 Å². The molecular formula is C13H17NO4. The highest BCUT2D eigenvalue weighted by molar-refractivity contribution is 5.75. The van der Waals surface area contributed by atoms with E-state index in [-0.39, 0.29) is 18.1 Å². The van der Waals surface area contributed by atoms with Crippen LogP contribution in [-0.2, 0) is 16.1 Å². The van der Waals surface area contributed by atoms with Crippen LogP contribution < -0.4 is 0 Å². The number of hydrogen-bond acceptors (Lipinski definition) is 4. The lowest BCUT2D eigenvalue weighted by Gasteiger charge is -2.04. The summed E-state index contributed by atoms with van der Waals surface area (Å²) in [6, 6.07) is 6.54. The molecule has 0 atom stereocenters. The number of ether oxygens (including phenoxy) is 1. The molecule has 1 aromatic carbocycles. The SMILES string of the molecule is CC(=O)CCCCOCc1ccccc1[N+](=O)[O-]. The zero-order valence-electron chi connectivity index (χ0n) is 10.4. The number of unbranched alkanes of at least 4 members (excludes halogenated alkanes) is 1. The highest BCUT2D eigenvalue weighted by Gasteiger charge is 2.11. The topological polar surface area (TPSA) is 69.4 Å². The molecule has 18 heavy (non-hydrogen) atoms. The first kappa shape index (κ1) is 14.3. The van der Waals surface area contributed by atoms with Gasteiger partial charge in [0.25, 0.3) is 5.69 Å². The number of nitro groups is 1. The van der Waals surface area contributed by atoms with Crippen molar-refractivity contribution >= 4 is 11.5 Å². The van der Waals surface area contributed by atoms with E-state index in [1.165, 1.54) is 6.07 Å². The second kappa shape index (κ2) is 7.55. The summed E-state index contributed by atoms with van der Waals surface area (Å²) in [6.45, 7) is 2.31. The van der Waals surface area contributed by atoms with Crippen molar-refractivity contribution in [3.05, 3.63) is 39.9 Å². The van der Waals surface area contributed by atoms with Crippen LogP contribution in [-0.4, -0.2) is 17.3 Å². The molecule has 0 bridgehead atoms. The van der Waals surface area contributed by atoms with Gasteiger partial charge in [-0.15, -0.1) is 0 Å². The third-order valence-electron chi connectivity index (χ3n) is 2.51. The highest BCUT2D eigenvalue weighted by Crippen LogP contribution is 2.18. The number of rotatable bonds is 8. The van der Waals surface area contributed by atoms with Crippen molar-refractivity contribution in [2.75, 3.05) is 6.61 Å². The molecule has 0 aliphatic carbocycles. The molecule has 0 aliphatic heterocycles. The van der Waals surface area contributed by atoms with E-state index in [0.717, 1.165) is 12.8 Å². The summed E-state index contributed by atoms with van der Waals surface area (Å²) in [4.78, 5) is 21.0. The van der Waals surface area contributed by atoms with Crippen LogP contribution in [0, 0.1) is 10.1 Å². The molecule has 5 nitrogen and oxygen atoms in total. The van der Waals surface area contributed by atoms with Gasteiger partial charge in [0.15, 0.2) is 0 Å². The van der Waals surface area contributed by atoms with Gasteiger partial charge in [-0.3, -0.25) is 10.1 Å². The monoisotopic (exact) mass is 251 g/mol. The number of nitrogens with zero attached hydrogens (tertiary/aromatic N) is 1. The Morgan fingerprint density at radius 2 is 2.06 bits per heavy atom. The van der Waals surface area contributed by atoms with E-state index in [0.29, 0.717) is 18.6 Å². The van der Waals surface area contributed by atoms with Crippen LogP contribution in [0.4, 0.5) is 5.69 Å². The summed E-state index contributed by atoms with van der Waals surface area (Å²) in [5.41, 5.74) is 0.662. The Bertz CT molecular complexity index is 417. The predicted molar refractivity (Wildman–Crippen MR) is 67.3 cm³/mol. The number of Topliss-reactive ketones (excluding diaryl/α,β-unsaturated/α-hetero) is 1. The number of hydrogen-bond donors (Lipinski definition) is 0.